The average molecular weight is 516 g/mol. The molecule has 2 aromatic rings. The number of hydrogen-bond acceptors (Lipinski definition) is 5. The summed E-state index contributed by atoms with van der Waals surface area (Å²) in [5, 5.41) is 9.00. The van der Waals surface area contributed by atoms with Crippen LogP contribution in [0.15, 0.2) is 30.5 Å². The molecule has 0 aliphatic rings. The molecule has 10 heteroatoms. The number of amides is 4. The molecule has 6 N–H and O–H groups in total. The molecule has 1 heterocycles. The van der Waals surface area contributed by atoms with E-state index in [9.17, 15) is 19.2 Å². The Balaban J connectivity index is 2.27. The van der Waals surface area contributed by atoms with Gasteiger partial charge in [0.2, 0.25) is 17.7 Å². The number of ether oxygens (including phenoxy) is 1. The lowest BCUT2D eigenvalue weighted by Gasteiger charge is -2.28. The maximum atomic E-state index is 13.5. The van der Waals surface area contributed by atoms with E-state index in [1.165, 1.54) is 0 Å². The van der Waals surface area contributed by atoms with Crippen molar-refractivity contribution < 1.29 is 23.9 Å². The summed E-state index contributed by atoms with van der Waals surface area (Å²) in [6.07, 6.45) is 1.59. The molecule has 4 amide bonds. The summed E-state index contributed by atoms with van der Waals surface area (Å²) < 4.78 is 5.37. The van der Waals surface area contributed by atoms with Gasteiger partial charge in [-0.2, -0.15) is 0 Å². The number of hydrogen-bond donors (Lipinski definition) is 5. The van der Waals surface area contributed by atoms with Crippen LogP contribution in [0.3, 0.4) is 0 Å². The van der Waals surface area contributed by atoms with Crippen LogP contribution in [-0.2, 0) is 25.5 Å². The number of aromatic amines is 1. The highest BCUT2D eigenvalue weighted by molar-refractivity contribution is 5.94. The van der Waals surface area contributed by atoms with Gasteiger partial charge in [0.1, 0.15) is 23.7 Å². The normalized spacial score (nSPS) is 14.2. The van der Waals surface area contributed by atoms with Gasteiger partial charge >= 0.3 is 6.09 Å². The number of benzene rings is 1. The van der Waals surface area contributed by atoms with E-state index < -0.39 is 47.5 Å². The topological polar surface area (TPSA) is 155 Å². The van der Waals surface area contributed by atoms with Crippen molar-refractivity contribution in [2.45, 2.75) is 85.0 Å². The first kappa shape index (κ1) is 29.7. The first-order valence-electron chi connectivity index (χ1n) is 12.6. The van der Waals surface area contributed by atoms with Crippen molar-refractivity contribution in [2.24, 2.45) is 17.6 Å². The smallest absolute Gasteiger partial charge is 0.408 e. The number of nitrogens with one attached hydrogen (secondary N) is 4. The Kier molecular flexibility index (Phi) is 10.1. The number of H-pyrrole nitrogens is 1. The predicted octanol–water partition coefficient (Wildman–Crippen LogP) is 2.76. The van der Waals surface area contributed by atoms with Crippen LogP contribution in [0.2, 0.25) is 0 Å². The molecule has 3 atom stereocenters. The third-order valence-electron chi connectivity index (χ3n) is 5.72. The molecule has 1 aromatic heterocycles. The number of rotatable bonds is 11. The van der Waals surface area contributed by atoms with Gasteiger partial charge in [0.25, 0.3) is 0 Å². The molecule has 0 saturated heterocycles. The van der Waals surface area contributed by atoms with Crippen LogP contribution in [0.1, 0.15) is 60.5 Å². The molecule has 0 saturated carbocycles. The Morgan fingerprint density at radius 3 is 2.16 bits per heavy atom. The van der Waals surface area contributed by atoms with Crippen LogP contribution < -0.4 is 21.7 Å². The summed E-state index contributed by atoms with van der Waals surface area (Å²) in [6, 6.07) is 4.80. The number of para-hydroxylation sites is 1. The van der Waals surface area contributed by atoms with Gasteiger partial charge in [0.15, 0.2) is 0 Å². The van der Waals surface area contributed by atoms with E-state index in [1.807, 2.05) is 38.1 Å². The molecule has 0 aliphatic heterocycles. The van der Waals surface area contributed by atoms with Crippen molar-refractivity contribution in [3.05, 3.63) is 36.0 Å². The zero-order valence-corrected chi connectivity index (χ0v) is 22.8. The minimum absolute atomic E-state index is 0.128. The van der Waals surface area contributed by atoms with Crippen LogP contribution in [0, 0.1) is 11.8 Å². The van der Waals surface area contributed by atoms with Crippen LogP contribution in [0.25, 0.3) is 10.9 Å². The van der Waals surface area contributed by atoms with Gasteiger partial charge in [-0.15, -0.1) is 0 Å². The number of primary amides is 1. The Morgan fingerprint density at radius 2 is 1.59 bits per heavy atom. The maximum Gasteiger partial charge on any atom is 0.408 e. The molecular formula is C27H41N5O5. The summed E-state index contributed by atoms with van der Waals surface area (Å²) in [7, 11) is 0. The summed E-state index contributed by atoms with van der Waals surface area (Å²) in [4.78, 5) is 54.2. The van der Waals surface area contributed by atoms with E-state index in [-0.39, 0.29) is 18.3 Å². The second-order valence-electron chi connectivity index (χ2n) is 11.1. The van der Waals surface area contributed by atoms with Crippen LogP contribution in [-0.4, -0.2) is 52.5 Å². The van der Waals surface area contributed by atoms with Crippen molar-refractivity contribution >= 4 is 34.7 Å². The van der Waals surface area contributed by atoms with E-state index in [2.05, 4.69) is 20.9 Å². The summed E-state index contributed by atoms with van der Waals surface area (Å²) in [5.74, 6) is -1.88. The highest BCUT2D eigenvalue weighted by Crippen LogP contribution is 2.20. The fourth-order valence-electron chi connectivity index (χ4n) is 3.95. The zero-order chi connectivity index (χ0) is 27.9. The Labute approximate surface area is 218 Å². The highest BCUT2D eigenvalue weighted by Gasteiger charge is 2.32. The van der Waals surface area contributed by atoms with Gasteiger partial charge in [0, 0.05) is 23.5 Å². The van der Waals surface area contributed by atoms with E-state index in [1.54, 1.807) is 40.8 Å². The van der Waals surface area contributed by atoms with Gasteiger partial charge in [-0.25, -0.2) is 4.79 Å². The van der Waals surface area contributed by atoms with E-state index in [0.717, 1.165) is 16.5 Å². The lowest BCUT2D eigenvalue weighted by molar-refractivity contribution is -0.133. The number of carbonyl (C=O) groups excluding carboxylic acids is 4. The molecule has 10 nitrogen and oxygen atoms in total. The molecule has 204 valence electrons. The monoisotopic (exact) mass is 515 g/mol. The molecule has 3 unspecified atom stereocenters. The van der Waals surface area contributed by atoms with Crippen LogP contribution in [0.5, 0.6) is 0 Å². The quantitative estimate of drug-likeness (QED) is 0.311. The molecule has 0 spiro atoms. The third-order valence-corrected chi connectivity index (χ3v) is 5.72. The lowest BCUT2D eigenvalue weighted by Crippen LogP contribution is -2.58. The SMILES string of the molecule is CC(C)CC(NC(=O)C(NC(=O)C(Cc1c[nH]c2ccccc12)NC(=O)OC(C)(C)C)C(C)C)C(N)=O. The third kappa shape index (κ3) is 9.11. The van der Waals surface area contributed by atoms with Crippen molar-refractivity contribution in [1.29, 1.82) is 0 Å². The second-order valence-corrected chi connectivity index (χ2v) is 11.1. The predicted molar refractivity (Wildman–Crippen MR) is 143 cm³/mol. The summed E-state index contributed by atoms with van der Waals surface area (Å²) >= 11 is 0. The standard InChI is InChI=1S/C27H41N5O5/c1-15(2)12-20(23(28)33)30-25(35)22(16(3)4)32-24(34)21(31-26(36)37-27(5,6)7)13-17-14-29-19-11-9-8-10-18(17)19/h8-11,14-16,20-22,29H,12-13H2,1-7H3,(H2,28,33)(H,30,35)(H,31,36)(H,32,34). The fraction of sp³-hybridized carbons (Fsp3) is 0.556. The number of aromatic nitrogens is 1. The minimum Gasteiger partial charge on any atom is -0.444 e. The molecular weight excluding hydrogens is 474 g/mol. The van der Waals surface area contributed by atoms with Gasteiger partial charge in [-0.05, 0) is 50.7 Å². The van der Waals surface area contributed by atoms with E-state index in [4.69, 9.17) is 10.5 Å². The fourth-order valence-corrected chi connectivity index (χ4v) is 3.95. The minimum atomic E-state index is -1.02. The van der Waals surface area contributed by atoms with Crippen molar-refractivity contribution in [1.82, 2.24) is 20.9 Å². The van der Waals surface area contributed by atoms with Crippen molar-refractivity contribution in [3.8, 4) is 0 Å². The largest absolute Gasteiger partial charge is 0.444 e. The Hall–Kier alpha value is -3.56. The van der Waals surface area contributed by atoms with Crippen molar-refractivity contribution in [3.63, 3.8) is 0 Å². The first-order valence-corrected chi connectivity index (χ1v) is 12.6. The highest BCUT2D eigenvalue weighted by atomic mass is 16.6. The van der Waals surface area contributed by atoms with E-state index >= 15 is 0 Å². The van der Waals surface area contributed by atoms with Crippen LogP contribution in [0.4, 0.5) is 4.79 Å². The summed E-state index contributed by atoms with van der Waals surface area (Å²) in [6.45, 7) is 12.6. The van der Waals surface area contributed by atoms with Gasteiger partial charge < -0.3 is 31.4 Å². The average Bonchev–Trinajstić information content (AvgIpc) is 3.17. The molecule has 0 bridgehead atoms. The molecule has 0 fully saturated rings. The number of nitrogens with two attached hydrogens (primary N) is 1. The van der Waals surface area contributed by atoms with Gasteiger partial charge in [-0.1, -0.05) is 45.9 Å². The van der Waals surface area contributed by atoms with Gasteiger partial charge in [-0.3, -0.25) is 14.4 Å². The molecule has 1 aromatic carbocycles. The second kappa shape index (κ2) is 12.6. The number of carbonyl (C=O) groups is 4. The first-order chi connectivity index (χ1) is 17.2. The molecule has 0 aliphatic carbocycles. The molecule has 2 rings (SSSR count). The maximum absolute atomic E-state index is 13.5. The van der Waals surface area contributed by atoms with E-state index in [0.29, 0.717) is 6.42 Å². The molecule has 37 heavy (non-hydrogen) atoms. The lowest BCUT2D eigenvalue weighted by atomic mass is 9.99. The molecule has 0 radical (unpaired) electrons. The zero-order valence-electron chi connectivity index (χ0n) is 22.8. The van der Waals surface area contributed by atoms with Crippen LogP contribution >= 0.6 is 0 Å². The van der Waals surface area contributed by atoms with Gasteiger partial charge in [0.05, 0.1) is 0 Å². The van der Waals surface area contributed by atoms with Crippen molar-refractivity contribution in [2.75, 3.05) is 0 Å². The number of fused-ring (bicyclic) bond motifs is 1. The number of alkyl carbamates (subject to hydrolysis) is 1. The Bertz CT molecular complexity index is 1100. The summed E-state index contributed by atoms with van der Waals surface area (Å²) in [5.41, 5.74) is 6.44. The Morgan fingerprint density at radius 1 is 0.946 bits per heavy atom.